The lowest BCUT2D eigenvalue weighted by molar-refractivity contribution is 0.0584. The van der Waals surface area contributed by atoms with Crippen LogP contribution in [0.15, 0.2) is 36.4 Å². The average molecular weight is 366 g/mol. The molecule has 6 nitrogen and oxygen atoms in total. The number of amides is 1. The molecule has 1 N–H and O–H groups in total. The number of benzene rings is 2. The Balaban J connectivity index is 1.62. The van der Waals surface area contributed by atoms with Crippen LogP contribution in [0.5, 0.6) is 17.2 Å². The van der Waals surface area contributed by atoms with E-state index in [0.717, 1.165) is 42.5 Å². The summed E-state index contributed by atoms with van der Waals surface area (Å²) in [6, 6.07) is 11.8. The predicted octanol–water partition coefficient (Wildman–Crippen LogP) is 3.93. The van der Waals surface area contributed by atoms with Gasteiger partial charge in [0, 0.05) is 17.3 Å². The highest BCUT2D eigenvalue weighted by atomic mass is 16.7. The van der Waals surface area contributed by atoms with Crippen molar-refractivity contribution in [1.82, 2.24) is 4.90 Å². The number of nitrogens with zero attached hydrogens (tertiary/aromatic N) is 1. The van der Waals surface area contributed by atoms with Gasteiger partial charge in [-0.15, -0.1) is 0 Å². The van der Waals surface area contributed by atoms with Crippen molar-refractivity contribution in [3.63, 3.8) is 0 Å². The van der Waals surface area contributed by atoms with Crippen molar-refractivity contribution in [2.45, 2.75) is 37.9 Å². The van der Waals surface area contributed by atoms with E-state index in [-0.39, 0.29) is 24.9 Å². The van der Waals surface area contributed by atoms with Gasteiger partial charge in [0.15, 0.2) is 11.5 Å². The van der Waals surface area contributed by atoms with E-state index in [4.69, 9.17) is 14.2 Å². The summed E-state index contributed by atoms with van der Waals surface area (Å²) >= 11 is 0. The van der Waals surface area contributed by atoms with Crippen LogP contribution in [0.4, 0.5) is 5.69 Å². The molecule has 2 aliphatic heterocycles. The Labute approximate surface area is 158 Å². The summed E-state index contributed by atoms with van der Waals surface area (Å²) in [5.41, 5.74) is 2.53. The first-order chi connectivity index (χ1) is 13.3. The largest absolute Gasteiger partial charge is 0.493 e. The van der Waals surface area contributed by atoms with Gasteiger partial charge in [-0.2, -0.15) is 0 Å². The van der Waals surface area contributed by atoms with Crippen molar-refractivity contribution in [2.75, 3.05) is 19.2 Å². The molecule has 1 atom stereocenters. The number of fused-ring (bicyclic) bond motifs is 2. The van der Waals surface area contributed by atoms with E-state index in [1.165, 1.54) is 0 Å². The second-order valence-electron chi connectivity index (χ2n) is 7.20. The maximum atomic E-state index is 13.4. The number of carbonyl (C=O) groups is 1. The zero-order valence-corrected chi connectivity index (χ0v) is 15.2. The molecule has 0 spiro atoms. The zero-order valence-electron chi connectivity index (χ0n) is 15.2. The Bertz CT molecular complexity index is 892. The third-order valence-electron chi connectivity index (χ3n) is 5.68. The normalized spacial score (nSPS) is 21.1. The molecule has 5 rings (SSSR count). The fraction of sp³-hybridized carbons (Fsp3) is 0.381. The lowest BCUT2D eigenvalue weighted by Crippen LogP contribution is -2.47. The van der Waals surface area contributed by atoms with Crippen molar-refractivity contribution in [3.8, 4) is 17.2 Å². The number of nitrogens with one attached hydrogen (secondary N) is 1. The van der Waals surface area contributed by atoms with Crippen LogP contribution in [-0.4, -0.2) is 30.8 Å². The summed E-state index contributed by atoms with van der Waals surface area (Å²) in [7, 11) is 1.62. The minimum Gasteiger partial charge on any atom is -0.493 e. The van der Waals surface area contributed by atoms with Gasteiger partial charge in [0.05, 0.1) is 12.7 Å². The van der Waals surface area contributed by atoms with Crippen LogP contribution in [0.2, 0.25) is 0 Å². The molecule has 0 saturated heterocycles. The Kier molecular flexibility index (Phi) is 3.85. The topological polar surface area (TPSA) is 60.0 Å². The van der Waals surface area contributed by atoms with Gasteiger partial charge in [-0.3, -0.25) is 4.79 Å². The van der Waals surface area contributed by atoms with Crippen LogP contribution in [0.1, 0.15) is 47.8 Å². The average Bonchev–Trinajstić information content (AvgIpc) is 3.39. The second-order valence-corrected chi connectivity index (χ2v) is 7.20. The number of hydrogen-bond acceptors (Lipinski definition) is 5. The van der Waals surface area contributed by atoms with E-state index in [2.05, 4.69) is 5.32 Å². The van der Waals surface area contributed by atoms with Crippen LogP contribution >= 0.6 is 0 Å². The van der Waals surface area contributed by atoms with Gasteiger partial charge in [-0.25, -0.2) is 0 Å². The number of anilines is 1. The van der Waals surface area contributed by atoms with Crippen LogP contribution < -0.4 is 19.5 Å². The number of methoxy groups -OCH3 is 1. The van der Waals surface area contributed by atoms with Crippen molar-refractivity contribution in [2.24, 2.45) is 0 Å². The quantitative estimate of drug-likeness (QED) is 0.892. The minimum absolute atomic E-state index is 0.0814. The summed E-state index contributed by atoms with van der Waals surface area (Å²) in [6.07, 6.45) is 4.13. The highest BCUT2D eigenvalue weighted by Crippen LogP contribution is 2.46. The predicted molar refractivity (Wildman–Crippen MR) is 100 cm³/mol. The van der Waals surface area contributed by atoms with E-state index < -0.39 is 0 Å². The highest BCUT2D eigenvalue weighted by molar-refractivity contribution is 6.02. The number of carbonyl (C=O) groups excluding carboxylic acids is 1. The van der Waals surface area contributed by atoms with E-state index in [9.17, 15) is 4.79 Å². The van der Waals surface area contributed by atoms with Crippen molar-refractivity contribution >= 4 is 11.6 Å². The van der Waals surface area contributed by atoms with Gasteiger partial charge < -0.3 is 24.4 Å². The monoisotopic (exact) mass is 366 g/mol. The first-order valence-electron chi connectivity index (χ1n) is 9.42. The van der Waals surface area contributed by atoms with Crippen LogP contribution in [0.3, 0.4) is 0 Å². The maximum absolute atomic E-state index is 13.4. The molecule has 3 aliphatic rings. The summed E-state index contributed by atoms with van der Waals surface area (Å²) in [4.78, 5) is 15.4. The molecule has 1 aliphatic carbocycles. The molecule has 0 unspecified atom stereocenters. The lowest BCUT2D eigenvalue weighted by Gasteiger charge is -2.41. The smallest absolute Gasteiger partial charge is 0.258 e. The first-order valence-corrected chi connectivity index (χ1v) is 9.42. The Morgan fingerprint density at radius 3 is 2.78 bits per heavy atom. The van der Waals surface area contributed by atoms with Gasteiger partial charge in [-0.05, 0) is 37.1 Å². The van der Waals surface area contributed by atoms with Gasteiger partial charge in [0.1, 0.15) is 6.17 Å². The number of hydrogen-bond donors (Lipinski definition) is 1. The molecule has 2 aromatic rings. The lowest BCUT2D eigenvalue weighted by atomic mass is 10.00. The Morgan fingerprint density at radius 1 is 1.15 bits per heavy atom. The van der Waals surface area contributed by atoms with E-state index in [1.54, 1.807) is 7.11 Å². The SMILES string of the molecule is COc1cc([C@H]2Nc3ccccc3C(=O)N2C2CCCC2)cc2c1OCO2. The molecule has 2 aromatic carbocycles. The molecule has 6 heteroatoms. The first kappa shape index (κ1) is 16.3. The fourth-order valence-electron chi connectivity index (χ4n) is 4.38. The molecule has 0 radical (unpaired) electrons. The third kappa shape index (κ3) is 2.59. The Morgan fingerprint density at radius 2 is 1.96 bits per heavy atom. The molecular weight excluding hydrogens is 344 g/mol. The highest BCUT2D eigenvalue weighted by Gasteiger charge is 2.39. The van der Waals surface area contributed by atoms with E-state index >= 15 is 0 Å². The molecule has 1 amide bonds. The van der Waals surface area contributed by atoms with E-state index in [0.29, 0.717) is 17.2 Å². The zero-order chi connectivity index (χ0) is 18.4. The molecule has 27 heavy (non-hydrogen) atoms. The molecule has 2 heterocycles. The number of ether oxygens (including phenoxy) is 3. The third-order valence-corrected chi connectivity index (χ3v) is 5.68. The Hall–Kier alpha value is -2.89. The van der Waals surface area contributed by atoms with Gasteiger partial charge in [-0.1, -0.05) is 25.0 Å². The fourth-order valence-corrected chi connectivity index (χ4v) is 4.38. The van der Waals surface area contributed by atoms with Crippen LogP contribution in [0.25, 0.3) is 0 Å². The van der Waals surface area contributed by atoms with E-state index in [1.807, 2.05) is 41.3 Å². The molecule has 0 bridgehead atoms. The molecule has 1 fully saturated rings. The number of para-hydroxylation sites is 1. The summed E-state index contributed by atoms with van der Waals surface area (Å²) in [5.74, 6) is 1.98. The summed E-state index contributed by atoms with van der Waals surface area (Å²) in [6.45, 7) is 0.182. The van der Waals surface area contributed by atoms with Gasteiger partial charge in [0.2, 0.25) is 12.5 Å². The summed E-state index contributed by atoms with van der Waals surface area (Å²) < 4.78 is 16.6. The van der Waals surface area contributed by atoms with Crippen LogP contribution in [0, 0.1) is 0 Å². The van der Waals surface area contributed by atoms with Crippen molar-refractivity contribution in [3.05, 3.63) is 47.5 Å². The van der Waals surface area contributed by atoms with Gasteiger partial charge in [0.25, 0.3) is 5.91 Å². The van der Waals surface area contributed by atoms with Crippen molar-refractivity contribution in [1.29, 1.82) is 0 Å². The van der Waals surface area contributed by atoms with Crippen LogP contribution in [-0.2, 0) is 0 Å². The standard InChI is InChI=1S/C21H22N2O4/c1-25-17-10-13(11-18-19(17)27-12-26-18)20-22-16-9-5-4-8-15(16)21(24)23(20)14-6-2-3-7-14/h4-5,8-11,14,20,22H,2-3,6-7,12H2,1H3/t20-/m0/s1. The minimum atomic E-state index is -0.265. The molecule has 0 aromatic heterocycles. The molecule has 1 saturated carbocycles. The second kappa shape index (κ2) is 6.37. The maximum Gasteiger partial charge on any atom is 0.258 e. The molecular formula is C21H22N2O4. The number of rotatable bonds is 3. The summed E-state index contributed by atoms with van der Waals surface area (Å²) in [5, 5.41) is 3.57. The van der Waals surface area contributed by atoms with Crippen molar-refractivity contribution < 1.29 is 19.0 Å². The van der Waals surface area contributed by atoms with Gasteiger partial charge >= 0.3 is 0 Å². The molecule has 140 valence electrons.